The number of halogens is 1. The van der Waals surface area contributed by atoms with Crippen LogP contribution >= 0.6 is 12.4 Å². The van der Waals surface area contributed by atoms with Crippen molar-refractivity contribution in [3.05, 3.63) is 29.8 Å². The zero-order valence-corrected chi connectivity index (χ0v) is 13.6. The molecule has 0 aliphatic rings. The van der Waals surface area contributed by atoms with E-state index in [2.05, 4.69) is 5.32 Å². The number of nitrogens with one attached hydrogen (secondary N) is 1. The molecule has 1 aromatic carbocycles. The molecular weight excluding hydrogens is 290 g/mol. The molecule has 1 aromatic rings. The van der Waals surface area contributed by atoms with Gasteiger partial charge in [-0.1, -0.05) is 13.0 Å². The Morgan fingerprint density at radius 1 is 1.29 bits per heavy atom. The summed E-state index contributed by atoms with van der Waals surface area (Å²) in [6.45, 7) is 7.27. The normalized spacial score (nSPS) is 11.2. The molecule has 0 aliphatic heterocycles. The summed E-state index contributed by atoms with van der Waals surface area (Å²) in [5.41, 5.74) is 6.65. The van der Waals surface area contributed by atoms with E-state index in [-0.39, 0.29) is 30.1 Å². The van der Waals surface area contributed by atoms with Crippen LogP contribution in [0.25, 0.3) is 0 Å². The third-order valence-corrected chi connectivity index (χ3v) is 3.23. The maximum Gasteiger partial charge on any atom is 0.253 e. The van der Waals surface area contributed by atoms with Crippen molar-refractivity contribution in [1.82, 2.24) is 4.90 Å². The van der Waals surface area contributed by atoms with Gasteiger partial charge in [-0.25, -0.2) is 0 Å². The van der Waals surface area contributed by atoms with Crippen LogP contribution in [0.15, 0.2) is 24.3 Å². The Morgan fingerprint density at radius 2 is 1.90 bits per heavy atom. The molecule has 0 saturated heterocycles. The van der Waals surface area contributed by atoms with Crippen LogP contribution in [0.4, 0.5) is 5.69 Å². The lowest BCUT2D eigenvalue weighted by atomic mass is 10.1. The van der Waals surface area contributed by atoms with E-state index in [1.807, 2.05) is 13.8 Å². The van der Waals surface area contributed by atoms with E-state index in [9.17, 15) is 9.59 Å². The van der Waals surface area contributed by atoms with Crippen LogP contribution < -0.4 is 11.1 Å². The molecule has 1 atom stereocenters. The molecular formula is C15H24ClN3O2. The van der Waals surface area contributed by atoms with Crippen LogP contribution in [0.2, 0.25) is 0 Å². The van der Waals surface area contributed by atoms with E-state index in [4.69, 9.17) is 5.73 Å². The van der Waals surface area contributed by atoms with Crippen LogP contribution in [0, 0.1) is 5.92 Å². The van der Waals surface area contributed by atoms with Gasteiger partial charge in [0, 0.05) is 36.8 Å². The van der Waals surface area contributed by atoms with Gasteiger partial charge in [-0.3, -0.25) is 9.59 Å². The van der Waals surface area contributed by atoms with E-state index >= 15 is 0 Å². The van der Waals surface area contributed by atoms with Crippen molar-refractivity contribution in [3.8, 4) is 0 Å². The zero-order chi connectivity index (χ0) is 15.1. The van der Waals surface area contributed by atoms with Crippen molar-refractivity contribution in [3.63, 3.8) is 0 Å². The standard InChI is InChI=1S/C15H23N3O2.ClH/c1-4-18(5-2)15(20)12-7-6-8-13(9-12)17-14(19)11(3)10-16;/h6-9,11H,4-5,10,16H2,1-3H3,(H,17,19);1H. The number of nitrogens with two attached hydrogens (primary N) is 1. The molecule has 0 aromatic heterocycles. The fraction of sp³-hybridized carbons (Fsp3) is 0.467. The fourth-order valence-electron chi connectivity index (χ4n) is 1.80. The number of carbonyl (C=O) groups is 2. The first-order valence-corrected chi connectivity index (χ1v) is 6.93. The van der Waals surface area contributed by atoms with Crippen molar-refractivity contribution >= 4 is 29.9 Å². The van der Waals surface area contributed by atoms with Crippen LogP contribution in [0.1, 0.15) is 31.1 Å². The van der Waals surface area contributed by atoms with Gasteiger partial charge in [0.2, 0.25) is 5.91 Å². The predicted octanol–water partition coefficient (Wildman–Crippen LogP) is 2.12. The number of hydrogen-bond acceptors (Lipinski definition) is 3. The Hall–Kier alpha value is -1.59. The molecule has 0 saturated carbocycles. The van der Waals surface area contributed by atoms with Crippen molar-refractivity contribution in [1.29, 1.82) is 0 Å². The van der Waals surface area contributed by atoms with Gasteiger partial charge >= 0.3 is 0 Å². The topological polar surface area (TPSA) is 75.4 Å². The quantitative estimate of drug-likeness (QED) is 0.844. The average Bonchev–Trinajstić information content (AvgIpc) is 2.47. The van der Waals surface area contributed by atoms with Gasteiger partial charge in [-0.2, -0.15) is 0 Å². The first kappa shape index (κ1) is 19.4. The number of rotatable bonds is 6. The minimum atomic E-state index is -0.253. The van der Waals surface area contributed by atoms with Gasteiger partial charge < -0.3 is 16.0 Å². The van der Waals surface area contributed by atoms with E-state index in [1.54, 1.807) is 36.1 Å². The molecule has 2 amide bonds. The summed E-state index contributed by atoms with van der Waals surface area (Å²) in [4.78, 5) is 25.8. The molecule has 0 heterocycles. The van der Waals surface area contributed by atoms with Crippen LogP contribution in [-0.4, -0.2) is 36.3 Å². The van der Waals surface area contributed by atoms with E-state index in [0.717, 1.165) is 0 Å². The van der Waals surface area contributed by atoms with E-state index in [1.165, 1.54) is 0 Å². The van der Waals surface area contributed by atoms with Crippen LogP contribution in [0.3, 0.4) is 0 Å². The van der Waals surface area contributed by atoms with Crippen molar-refractivity contribution in [2.75, 3.05) is 25.0 Å². The fourth-order valence-corrected chi connectivity index (χ4v) is 1.80. The summed E-state index contributed by atoms with van der Waals surface area (Å²) in [5, 5.41) is 2.77. The lowest BCUT2D eigenvalue weighted by molar-refractivity contribution is -0.119. The van der Waals surface area contributed by atoms with Gasteiger partial charge in [0.25, 0.3) is 5.91 Å². The highest BCUT2D eigenvalue weighted by Crippen LogP contribution is 2.13. The third-order valence-electron chi connectivity index (χ3n) is 3.23. The second kappa shape index (κ2) is 9.37. The van der Waals surface area contributed by atoms with Gasteiger partial charge in [0.15, 0.2) is 0 Å². The summed E-state index contributed by atoms with van der Waals surface area (Å²) < 4.78 is 0. The second-order valence-corrected chi connectivity index (χ2v) is 4.68. The number of hydrogen-bond donors (Lipinski definition) is 2. The molecule has 0 spiro atoms. The molecule has 0 bridgehead atoms. The van der Waals surface area contributed by atoms with Gasteiger partial charge in [-0.05, 0) is 32.0 Å². The maximum absolute atomic E-state index is 12.2. The molecule has 21 heavy (non-hydrogen) atoms. The Labute approximate surface area is 132 Å². The van der Waals surface area contributed by atoms with Crippen molar-refractivity contribution in [2.24, 2.45) is 11.7 Å². The van der Waals surface area contributed by atoms with Crippen molar-refractivity contribution in [2.45, 2.75) is 20.8 Å². The highest BCUT2D eigenvalue weighted by atomic mass is 35.5. The van der Waals surface area contributed by atoms with Crippen LogP contribution in [0.5, 0.6) is 0 Å². The minimum absolute atomic E-state index is 0. The highest BCUT2D eigenvalue weighted by molar-refractivity contribution is 5.97. The summed E-state index contributed by atoms with van der Waals surface area (Å²) in [5.74, 6) is -0.421. The molecule has 1 rings (SSSR count). The molecule has 0 aliphatic carbocycles. The SMILES string of the molecule is CCN(CC)C(=O)c1cccc(NC(=O)C(C)CN)c1.Cl. The predicted molar refractivity (Wildman–Crippen MR) is 87.8 cm³/mol. The summed E-state index contributed by atoms with van der Waals surface area (Å²) in [6.07, 6.45) is 0. The lowest BCUT2D eigenvalue weighted by Crippen LogP contribution is -2.30. The highest BCUT2D eigenvalue weighted by Gasteiger charge is 2.14. The average molecular weight is 314 g/mol. The molecule has 5 nitrogen and oxygen atoms in total. The molecule has 3 N–H and O–H groups in total. The van der Waals surface area contributed by atoms with E-state index in [0.29, 0.717) is 30.9 Å². The molecule has 0 fully saturated rings. The summed E-state index contributed by atoms with van der Waals surface area (Å²) in [7, 11) is 0. The maximum atomic E-state index is 12.2. The Bertz CT molecular complexity index is 476. The van der Waals surface area contributed by atoms with Gasteiger partial charge in [0.1, 0.15) is 0 Å². The lowest BCUT2D eigenvalue weighted by Gasteiger charge is -2.19. The minimum Gasteiger partial charge on any atom is -0.339 e. The number of nitrogens with zero attached hydrogens (tertiary/aromatic N) is 1. The smallest absolute Gasteiger partial charge is 0.253 e. The Kier molecular flexibility index (Phi) is 8.66. The van der Waals surface area contributed by atoms with E-state index < -0.39 is 0 Å². The van der Waals surface area contributed by atoms with Crippen LogP contribution in [-0.2, 0) is 4.79 Å². The number of carbonyl (C=O) groups excluding carboxylic acids is 2. The molecule has 6 heteroatoms. The van der Waals surface area contributed by atoms with Crippen molar-refractivity contribution < 1.29 is 9.59 Å². The number of benzene rings is 1. The van der Waals surface area contributed by atoms with Gasteiger partial charge in [0.05, 0.1) is 0 Å². The first-order chi connectivity index (χ1) is 9.53. The number of anilines is 1. The Morgan fingerprint density at radius 3 is 2.43 bits per heavy atom. The molecule has 1 unspecified atom stereocenters. The Balaban J connectivity index is 0.00000400. The summed E-state index contributed by atoms with van der Waals surface area (Å²) in [6, 6.07) is 6.98. The zero-order valence-electron chi connectivity index (χ0n) is 12.8. The largest absolute Gasteiger partial charge is 0.339 e. The summed E-state index contributed by atoms with van der Waals surface area (Å²) >= 11 is 0. The first-order valence-electron chi connectivity index (χ1n) is 6.93. The third kappa shape index (κ3) is 5.36. The second-order valence-electron chi connectivity index (χ2n) is 4.68. The monoisotopic (exact) mass is 313 g/mol. The van der Waals surface area contributed by atoms with Gasteiger partial charge in [-0.15, -0.1) is 12.4 Å². The molecule has 118 valence electrons. The number of amides is 2. The molecule has 0 radical (unpaired) electrons.